The number of hydrogen-bond acceptors (Lipinski definition) is 4. The summed E-state index contributed by atoms with van der Waals surface area (Å²) in [6.07, 6.45) is 0.456. The average Bonchev–Trinajstić information content (AvgIpc) is 2.41. The normalized spacial score (nSPS) is 17.6. The molecule has 0 saturated carbocycles. The molecule has 1 aromatic carbocycles. The fourth-order valence-electron chi connectivity index (χ4n) is 2.54. The topological polar surface area (TPSA) is 61.4 Å². The van der Waals surface area contributed by atoms with Gasteiger partial charge in [0.05, 0.1) is 12.8 Å². The van der Waals surface area contributed by atoms with Crippen LogP contribution in [0.2, 0.25) is 0 Å². The van der Waals surface area contributed by atoms with E-state index in [-0.39, 0.29) is 12.6 Å². The predicted octanol–water partition coefficient (Wildman–Crippen LogP) is 2.20. The quantitative estimate of drug-likeness (QED) is 0.838. The molecule has 1 aliphatic heterocycles. The fourth-order valence-corrected chi connectivity index (χ4v) is 3.10. The van der Waals surface area contributed by atoms with Gasteiger partial charge in [0.2, 0.25) is 10.0 Å². The minimum Gasteiger partial charge on any atom is -0.382 e. The minimum atomic E-state index is -3.27. The first-order chi connectivity index (χ1) is 10.3. The molecule has 1 fully saturated rings. The summed E-state index contributed by atoms with van der Waals surface area (Å²) in [5, 5.41) is 3.35. The Bertz CT molecular complexity index is 570. The maximum atomic E-state index is 12.3. The van der Waals surface area contributed by atoms with Crippen LogP contribution in [-0.4, -0.2) is 51.7 Å². The maximum Gasteiger partial charge on any atom is 0.251 e. The molecule has 1 aromatic rings. The number of piperidine rings is 1. The number of sulfonamides is 1. The Hall–Kier alpha value is -1.41. The number of rotatable bonds is 6. The highest BCUT2D eigenvalue weighted by molar-refractivity contribution is 7.92. The molecule has 0 amide bonds. The monoisotopic (exact) mass is 333 g/mol. The Morgan fingerprint density at radius 2 is 1.73 bits per heavy atom. The van der Waals surface area contributed by atoms with E-state index >= 15 is 0 Å². The van der Waals surface area contributed by atoms with E-state index in [2.05, 4.69) is 10.0 Å². The number of hydrogen-bond donors (Lipinski definition) is 2. The van der Waals surface area contributed by atoms with Gasteiger partial charge >= 0.3 is 0 Å². The molecule has 5 nitrogen and oxygen atoms in total. The van der Waals surface area contributed by atoms with Gasteiger partial charge in [-0.25, -0.2) is 17.2 Å². The molecule has 0 bridgehead atoms. The number of anilines is 2. The van der Waals surface area contributed by atoms with Gasteiger partial charge in [-0.15, -0.1) is 0 Å². The van der Waals surface area contributed by atoms with E-state index in [1.54, 1.807) is 29.2 Å². The predicted molar refractivity (Wildman–Crippen MR) is 84.0 cm³/mol. The van der Waals surface area contributed by atoms with E-state index in [9.17, 15) is 17.2 Å². The molecular formula is C14H21F2N3O2S. The Labute approximate surface area is 129 Å². The van der Waals surface area contributed by atoms with Gasteiger partial charge in [-0.1, -0.05) is 0 Å². The van der Waals surface area contributed by atoms with E-state index in [4.69, 9.17) is 0 Å². The molecule has 2 rings (SSSR count). The van der Waals surface area contributed by atoms with Crippen LogP contribution in [-0.2, 0) is 10.0 Å². The van der Waals surface area contributed by atoms with Crippen molar-refractivity contribution in [2.45, 2.75) is 25.3 Å². The summed E-state index contributed by atoms with van der Waals surface area (Å²) in [7, 11) is -3.27. The van der Waals surface area contributed by atoms with Crippen LogP contribution in [0.1, 0.15) is 12.8 Å². The highest BCUT2D eigenvalue weighted by Gasteiger charge is 2.21. The zero-order valence-corrected chi connectivity index (χ0v) is 13.2. The van der Waals surface area contributed by atoms with Crippen LogP contribution in [0.5, 0.6) is 0 Å². The minimum absolute atomic E-state index is 0.154. The van der Waals surface area contributed by atoms with Crippen molar-refractivity contribution in [1.29, 1.82) is 0 Å². The summed E-state index contributed by atoms with van der Waals surface area (Å²) in [5.41, 5.74) is 1.41. The zero-order chi connectivity index (χ0) is 16.2. The third-order valence-corrected chi connectivity index (χ3v) is 4.15. The van der Waals surface area contributed by atoms with E-state index in [1.807, 2.05) is 0 Å². The number of nitrogens with one attached hydrogen (secondary N) is 2. The molecule has 0 unspecified atom stereocenters. The number of nitrogens with zero attached hydrogens (tertiary/aromatic N) is 1. The van der Waals surface area contributed by atoms with Crippen LogP contribution in [0.15, 0.2) is 24.3 Å². The van der Waals surface area contributed by atoms with Gasteiger partial charge in [0, 0.05) is 30.5 Å². The highest BCUT2D eigenvalue weighted by Crippen LogP contribution is 2.19. The molecule has 124 valence electrons. The summed E-state index contributed by atoms with van der Waals surface area (Å²) in [5.74, 6) is 0. The Morgan fingerprint density at radius 3 is 2.23 bits per heavy atom. The van der Waals surface area contributed by atoms with Crippen LogP contribution >= 0.6 is 0 Å². The molecule has 8 heteroatoms. The molecule has 0 atom stereocenters. The first kappa shape index (κ1) is 17.0. The van der Waals surface area contributed by atoms with Crippen molar-refractivity contribution >= 4 is 21.4 Å². The van der Waals surface area contributed by atoms with Crippen molar-refractivity contribution in [1.82, 2.24) is 4.90 Å². The van der Waals surface area contributed by atoms with Gasteiger partial charge in [0.1, 0.15) is 0 Å². The van der Waals surface area contributed by atoms with Gasteiger partial charge in [-0.05, 0) is 37.1 Å². The SMILES string of the molecule is CS(=O)(=O)Nc1ccc(NC2CCN(CC(F)F)CC2)cc1. The third kappa shape index (κ3) is 5.76. The molecule has 22 heavy (non-hydrogen) atoms. The van der Waals surface area contributed by atoms with Crippen molar-refractivity contribution < 1.29 is 17.2 Å². The first-order valence-electron chi connectivity index (χ1n) is 7.17. The smallest absolute Gasteiger partial charge is 0.251 e. The van der Waals surface area contributed by atoms with Crippen molar-refractivity contribution in [3.63, 3.8) is 0 Å². The second-order valence-electron chi connectivity index (χ2n) is 5.56. The molecule has 0 radical (unpaired) electrons. The highest BCUT2D eigenvalue weighted by atomic mass is 32.2. The molecule has 1 saturated heterocycles. The van der Waals surface area contributed by atoms with Crippen LogP contribution in [0.25, 0.3) is 0 Å². The summed E-state index contributed by atoms with van der Waals surface area (Å²) >= 11 is 0. The summed E-state index contributed by atoms with van der Waals surface area (Å²) < 4.78 is 49.3. The van der Waals surface area contributed by atoms with Crippen LogP contribution < -0.4 is 10.0 Å². The van der Waals surface area contributed by atoms with Gasteiger partial charge < -0.3 is 5.32 Å². The van der Waals surface area contributed by atoms with E-state index in [0.29, 0.717) is 18.8 Å². The summed E-state index contributed by atoms with van der Waals surface area (Å²) in [4.78, 5) is 1.78. The lowest BCUT2D eigenvalue weighted by molar-refractivity contribution is 0.0769. The second-order valence-corrected chi connectivity index (χ2v) is 7.31. The molecule has 2 N–H and O–H groups in total. The largest absolute Gasteiger partial charge is 0.382 e. The lowest BCUT2D eigenvalue weighted by atomic mass is 10.0. The Balaban J connectivity index is 1.82. The van der Waals surface area contributed by atoms with Crippen molar-refractivity contribution in [3.8, 4) is 0 Å². The molecule has 0 aromatic heterocycles. The molecule has 1 heterocycles. The number of benzene rings is 1. The van der Waals surface area contributed by atoms with E-state index in [0.717, 1.165) is 24.8 Å². The van der Waals surface area contributed by atoms with Crippen LogP contribution in [0.3, 0.4) is 0 Å². The van der Waals surface area contributed by atoms with Crippen LogP contribution in [0.4, 0.5) is 20.2 Å². The lowest BCUT2D eigenvalue weighted by Gasteiger charge is -2.32. The van der Waals surface area contributed by atoms with E-state index < -0.39 is 16.4 Å². The number of halogens is 2. The third-order valence-electron chi connectivity index (χ3n) is 3.54. The summed E-state index contributed by atoms with van der Waals surface area (Å²) in [6, 6.07) is 7.24. The molecule has 1 aliphatic rings. The van der Waals surface area contributed by atoms with Gasteiger partial charge in [-0.3, -0.25) is 9.62 Å². The van der Waals surface area contributed by atoms with Crippen molar-refractivity contribution in [2.75, 3.05) is 35.9 Å². The summed E-state index contributed by atoms with van der Waals surface area (Å²) in [6.45, 7) is 1.17. The number of likely N-dealkylation sites (tertiary alicyclic amines) is 1. The van der Waals surface area contributed by atoms with Crippen LogP contribution in [0, 0.1) is 0 Å². The van der Waals surface area contributed by atoms with Gasteiger partial charge in [0.25, 0.3) is 6.43 Å². The Kier molecular flexibility index (Phi) is 5.57. The fraction of sp³-hybridized carbons (Fsp3) is 0.571. The maximum absolute atomic E-state index is 12.3. The molecular weight excluding hydrogens is 312 g/mol. The standard InChI is InChI=1S/C14H21F2N3O2S/c1-22(20,21)18-13-4-2-11(3-5-13)17-12-6-8-19(9-7-12)10-14(15)16/h2-5,12,14,17-18H,6-10H2,1H3. The zero-order valence-electron chi connectivity index (χ0n) is 12.4. The molecule has 0 aliphatic carbocycles. The Morgan fingerprint density at radius 1 is 1.18 bits per heavy atom. The van der Waals surface area contributed by atoms with Crippen molar-refractivity contribution in [2.24, 2.45) is 0 Å². The first-order valence-corrected chi connectivity index (χ1v) is 9.06. The second kappa shape index (κ2) is 7.23. The lowest BCUT2D eigenvalue weighted by Crippen LogP contribution is -2.41. The molecule has 0 spiro atoms. The average molecular weight is 333 g/mol. The van der Waals surface area contributed by atoms with Crippen molar-refractivity contribution in [3.05, 3.63) is 24.3 Å². The number of alkyl halides is 2. The van der Waals surface area contributed by atoms with Gasteiger partial charge in [-0.2, -0.15) is 0 Å². The van der Waals surface area contributed by atoms with E-state index in [1.165, 1.54) is 0 Å². The van der Waals surface area contributed by atoms with Gasteiger partial charge in [0.15, 0.2) is 0 Å².